The van der Waals surface area contributed by atoms with Crippen LogP contribution < -0.4 is 0 Å². The zero-order valence-electron chi connectivity index (χ0n) is 14.8. The molecule has 144 valence electrons. The van der Waals surface area contributed by atoms with Gasteiger partial charge in [-0.2, -0.15) is 13.2 Å². The maximum absolute atomic E-state index is 13.2. The molecule has 1 aliphatic heterocycles. The van der Waals surface area contributed by atoms with E-state index in [1.165, 1.54) is 0 Å². The number of rotatable bonds is 4. The number of carboxylic acids is 1. The van der Waals surface area contributed by atoms with Gasteiger partial charge in [-0.15, -0.1) is 0 Å². The van der Waals surface area contributed by atoms with Crippen LogP contribution in [0.3, 0.4) is 0 Å². The molecule has 0 aromatic carbocycles. The van der Waals surface area contributed by atoms with Gasteiger partial charge in [-0.05, 0) is 31.6 Å². The molecule has 1 heterocycles. The summed E-state index contributed by atoms with van der Waals surface area (Å²) in [5.41, 5.74) is -1.08. The van der Waals surface area contributed by atoms with Crippen LogP contribution in [-0.2, 0) is 14.3 Å². The Hall–Kier alpha value is -1.31. The van der Waals surface area contributed by atoms with Crippen molar-refractivity contribution in [2.45, 2.75) is 64.7 Å². The minimum Gasteiger partial charge on any atom is -0.481 e. The van der Waals surface area contributed by atoms with Crippen LogP contribution in [0.1, 0.15) is 46.5 Å². The second kappa shape index (κ2) is 7.13. The number of ether oxygens (including phenoxy) is 1. The first kappa shape index (κ1) is 20.0. The fraction of sp³-hybridized carbons (Fsp3) is 0.882. The lowest BCUT2D eigenvalue weighted by atomic mass is 9.75. The van der Waals surface area contributed by atoms with Crippen LogP contribution in [0, 0.1) is 17.3 Å². The van der Waals surface area contributed by atoms with Gasteiger partial charge in [0.25, 0.3) is 0 Å². The van der Waals surface area contributed by atoms with Gasteiger partial charge in [-0.3, -0.25) is 9.59 Å². The Morgan fingerprint density at radius 3 is 2.36 bits per heavy atom. The number of hydrogen-bond acceptors (Lipinski definition) is 3. The minimum absolute atomic E-state index is 0.0614. The van der Waals surface area contributed by atoms with Gasteiger partial charge < -0.3 is 14.7 Å². The lowest BCUT2D eigenvalue weighted by Gasteiger charge is -2.42. The first-order valence-electron chi connectivity index (χ1n) is 8.71. The van der Waals surface area contributed by atoms with Crippen molar-refractivity contribution in [2.75, 3.05) is 13.2 Å². The first-order chi connectivity index (χ1) is 11.5. The number of halogens is 3. The number of alkyl halides is 3. The molecule has 1 saturated heterocycles. The fourth-order valence-corrected chi connectivity index (χ4v) is 4.27. The lowest BCUT2D eigenvalue weighted by molar-refractivity contribution is -0.194. The predicted molar refractivity (Wildman–Crippen MR) is 83.8 cm³/mol. The molecular formula is C17H26F3NO4. The van der Waals surface area contributed by atoms with Crippen molar-refractivity contribution in [2.24, 2.45) is 17.3 Å². The molecule has 2 aliphatic rings. The highest BCUT2D eigenvalue weighted by atomic mass is 19.4. The van der Waals surface area contributed by atoms with Crippen LogP contribution in [0.5, 0.6) is 0 Å². The van der Waals surface area contributed by atoms with E-state index < -0.39 is 35.6 Å². The van der Waals surface area contributed by atoms with Gasteiger partial charge >= 0.3 is 18.1 Å². The van der Waals surface area contributed by atoms with E-state index in [1.54, 1.807) is 20.8 Å². The molecule has 2 fully saturated rings. The summed E-state index contributed by atoms with van der Waals surface area (Å²) in [6.07, 6.45) is -4.02. The molecule has 8 heteroatoms. The maximum Gasteiger partial charge on any atom is 0.471 e. The number of carbonyl (C=O) groups excluding carboxylic acids is 1. The van der Waals surface area contributed by atoms with Crippen LogP contribution in [0.15, 0.2) is 0 Å². The quantitative estimate of drug-likeness (QED) is 0.831. The number of amides is 1. The Balaban J connectivity index is 2.33. The largest absolute Gasteiger partial charge is 0.481 e. The molecule has 1 unspecified atom stereocenters. The van der Waals surface area contributed by atoms with E-state index in [4.69, 9.17) is 4.74 Å². The Morgan fingerprint density at radius 2 is 1.92 bits per heavy atom. The van der Waals surface area contributed by atoms with Crippen molar-refractivity contribution >= 4 is 11.9 Å². The van der Waals surface area contributed by atoms with Crippen molar-refractivity contribution in [3.63, 3.8) is 0 Å². The summed E-state index contributed by atoms with van der Waals surface area (Å²) in [4.78, 5) is 24.9. The zero-order valence-corrected chi connectivity index (χ0v) is 14.8. The van der Waals surface area contributed by atoms with E-state index in [1.807, 2.05) is 0 Å². The highest BCUT2D eigenvalue weighted by molar-refractivity contribution is 5.83. The summed E-state index contributed by atoms with van der Waals surface area (Å²) >= 11 is 0. The third kappa shape index (κ3) is 3.78. The fourth-order valence-electron chi connectivity index (χ4n) is 4.27. The van der Waals surface area contributed by atoms with Gasteiger partial charge in [0.2, 0.25) is 0 Å². The third-order valence-corrected chi connectivity index (χ3v) is 5.88. The predicted octanol–water partition coefficient (Wildman–Crippen LogP) is 3.08. The van der Waals surface area contributed by atoms with Crippen molar-refractivity contribution in [1.82, 2.24) is 4.90 Å². The molecule has 0 bridgehead atoms. The zero-order chi connectivity index (χ0) is 19.0. The monoisotopic (exact) mass is 365 g/mol. The van der Waals surface area contributed by atoms with Crippen molar-refractivity contribution < 1.29 is 32.6 Å². The van der Waals surface area contributed by atoms with Gasteiger partial charge in [0.15, 0.2) is 0 Å². The van der Waals surface area contributed by atoms with E-state index in [-0.39, 0.29) is 31.1 Å². The molecule has 1 saturated carbocycles. The maximum atomic E-state index is 13.2. The average molecular weight is 365 g/mol. The molecule has 4 atom stereocenters. The molecule has 0 aromatic heterocycles. The molecule has 2 rings (SSSR count). The summed E-state index contributed by atoms with van der Waals surface area (Å²) in [5.74, 6) is -3.30. The molecule has 1 amide bonds. The number of carbonyl (C=O) groups is 2. The summed E-state index contributed by atoms with van der Waals surface area (Å²) in [6.45, 7) is 5.90. The SMILES string of the molecule is CC(C)[C@]1(C(=O)O)CC[C@@H](N(C(=O)C(F)(F)F)C2CCOC[C@H]2C)C1. The van der Waals surface area contributed by atoms with Crippen molar-refractivity contribution in [3.8, 4) is 0 Å². The molecule has 0 aromatic rings. The van der Waals surface area contributed by atoms with Gasteiger partial charge in [-0.25, -0.2) is 0 Å². The number of aliphatic carboxylic acids is 1. The molecule has 0 radical (unpaired) electrons. The minimum atomic E-state index is -4.97. The molecule has 1 N–H and O–H groups in total. The smallest absolute Gasteiger partial charge is 0.471 e. The van der Waals surface area contributed by atoms with E-state index in [2.05, 4.69) is 0 Å². The van der Waals surface area contributed by atoms with Gasteiger partial charge in [0.1, 0.15) is 0 Å². The van der Waals surface area contributed by atoms with Crippen molar-refractivity contribution in [1.29, 1.82) is 0 Å². The standard InChI is InChI=1S/C17H26F3NO4/c1-10(2)16(15(23)24)6-4-12(8-16)21(14(22)17(18,19)20)13-5-7-25-9-11(13)3/h10-13H,4-9H2,1-3H3,(H,23,24)/t11-,12-,13?,16+/m1/s1. The summed E-state index contributed by atoms with van der Waals surface area (Å²) < 4.78 is 44.9. The number of hydrogen-bond donors (Lipinski definition) is 1. The van der Waals surface area contributed by atoms with Gasteiger partial charge in [0, 0.05) is 24.6 Å². The van der Waals surface area contributed by atoms with Crippen LogP contribution >= 0.6 is 0 Å². The Labute approximate surface area is 145 Å². The van der Waals surface area contributed by atoms with Crippen molar-refractivity contribution in [3.05, 3.63) is 0 Å². The highest BCUT2D eigenvalue weighted by Gasteiger charge is 2.54. The summed E-state index contributed by atoms with van der Waals surface area (Å²) in [7, 11) is 0. The number of nitrogens with zero attached hydrogens (tertiary/aromatic N) is 1. The average Bonchev–Trinajstić information content (AvgIpc) is 2.95. The van der Waals surface area contributed by atoms with E-state index in [0.29, 0.717) is 19.6 Å². The second-order valence-electron chi connectivity index (χ2n) is 7.63. The van der Waals surface area contributed by atoms with Crippen LogP contribution in [0.2, 0.25) is 0 Å². The summed E-state index contributed by atoms with van der Waals surface area (Å²) in [5, 5.41) is 9.65. The van der Waals surface area contributed by atoms with E-state index in [0.717, 1.165) is 4.90 Å². The number of carboxylic acid groups (broad SMARTS) is 1. The first-order valence-corrected chi connectivity index (χ1v) is 8.71. The van der Waals surface area contributed by atoms with Crippen LogP contribution in [-0.4, -0.2) is 53.4 Å². The van der Waals surface area contributed by atoms with Crippen LogP contribution in [0.25, 0.3) is 0 Å². The molecule has 0 spiro atoms. The Morgan fingerprint density at radius 1 is 1.28 bits per heavy atom. The molecule has 25 heavy (non-hydrogen) atoms. The molecule has 1 aliphatic carbocycles. The Bertz CT molecular complexity index is 523. The van der Waals surface area contributed by atoms with Crippen LogP contribution in [0.4, 0.5) is 13.2 Å². The summed E-state index contributed by atoms with van der Waals surface area (Å²) in [6, 6.07) is -1.29. The molecule has 5 nitrogen and oxygen atoms in total. The Kier molecular flexibility index (Phi) is 5.71. The normalized spacial score (nSPS) is 33.5. The second-order valence-corrected chi connectivity index (χ2v) is 7.63. The van der Waals surface area contributed by atoms with Gasteiger partial charge in [-0.1, -0.05) is 20.8 Å². The van der Waals surface area contributed by atoms with Gasteiger partial charge in [0.05, 0.1) is 12.0 Å². The van der Waals surface area contributed by atoms with E-state index >= 15 is 0 Å². The topological polar surface area (TPSA) is 66.8 Å². The van der Waals surface area contributed by atoms with E-state index in [9.17, 15) is 27.9 Å². The molecular weight excluding hydrogens is 339 g/mol. The third-order valence-electron chi connectivity index (χ3n) is 5.88. The lowest BCUT2D eigenvalue weighted by Crippen LogP contribution is -2.56. The highest BCUT2D eigenvalue weighted by Crippen LogP contribution is 2.47.